The number of rotatable bonds is 4. The average Bonchev–Trinajstić information content (AvgIpc) is 2.93. The van der Waals surface area contributed by atoms with Gasteiger partial charge in [0.15, 0.2) is 0 Å². The topological polar surface area (TPSA) is 48.0 Å². The SMILES string of the molecule is COc1ccc(OCC2CCN(C(=O)OC(C)(C)C)C2)cc1. The Morgan fingerprint density at radius 2 is 1.86 bits per heavy atom. The van der Waals surface area contributed by atoms with Crippen molar-refractivity contribution >= 4 is 6.09 Å². The summed E-state index contributed by atoms with van der Waals surface area (Å²) in [7, 11) is 1.64. The molecule has 1 aromatic rings. The van der Waals surface area contributed by atoms with Crippen molar-refractivity contribution in [2.24, 2.45) is 5.92 Å². The molecule has 1 aliphatic heterocycles. The second-order valence-corrected chi connectivity index (χ2v) is 6.57. The summed E-state index contributed by atoms with van der Waals surface area (Å²) < 4.78 is 16.3. The summed E-state index contributed by atoms with van der Waals surface area (Å²) in [6, 6.07) is 7.52. The Bertz CT molecular complexity index is 492. The van der Waals surface area contributed by atoms with Gasteiger partial charge < -0.3 is 19.1 Å². The Morgan fingerprint density at radius 3 is 2.45 bits per heavy atom. The van der Waals surface area contributed by atoms with Gasteiger partial charge in [0.1, 0.15) is 17.1 Å². The summed E-state index contributed by atoms with van der Waals surface area (Å²) in [4.78, 5) is 13.8. The molecule has 1 aromatic carbocycles. The molecule has 0 N–H and O–H groups in total. The molecule has 2 rings (SSSR count). The quantitative estimate of drug-likeness (QED) is 0.856. The van der Waals surface area contributed by atoms with Crippen LogP contribution in [0.15, 0.2) is 24.3 Å². The van der Waals surface area contributed by atoms with Gasteiger partial charge in [-0.15, -0.1) is 0 Å². The Hall–Kier alpha value is -1.91. The zero-order valence-electron chi connectivity index (χ0n) is 13.8. The van der Waals surface area contributed by atoms with Crippen LogP contribution in [0, 0.1) is 5.92 Å². The zero-order chi connectivity index (χ0) is 16.2. The number of benzene rings is 1. The third kappa shape index (κ3) is 4.83. The minimum Gasteiger partial charge on any atom is -0.497 e. The molecule has 5 heteroatoms. The molecule has 1 heterocycles. The van der Waals surface area contributed by atoms with Gasteiger partial charge in [-0.2, -0.15) is 0 Å². The molecule has 1 amide bonds. The monoisotopic (exact) mass is 307 g/mol. The molecule has 1 unspecified atom stereocenters. The van der Waals surface area contributed by atoms with Gasteiger partial charge in [0.05, 0.1) is 13.7 Å². The normalized spacial score (nSPS) is 18.2. The molecule has 0 spiro atoms. The van der Waals surface area contributed by atoms with Crippen LogP contribution >= 0.6 is 0 Å². The summed E-state index contributed by atoms with van der Waals surface area (Å²) in [6.45, 7) is 7.66. The van der Waals surface area contributed by atoms with Gasteiger partial charge in [-0.1, -0.05) is 0 Å². The fourth-order valence-electron chi connectivity index (χ4n) is 2.35. The van der Waals surface area contributed by atoms with E-state index in [-0.39, 0.29) is 6.09 Å². The van der Waals surface area contributed by atoms with Gasteiger partial charge in [-0.05, 0) is 51.5 Å². The van der Waals surface area contributed by atoms with Gasteiger partial charge in [-0.25, -0.2) is 4.79 Å². The first-order chi connectivity index (χ1) is 10.4. The first-order valence-corrected chi connectivity index (χ1v) is 7.62. The third-order valence-electron chi connectivity index (χ3n) is 3.48. The lowest BCUT2D eigenvalue weighted by molar-refractivity contribution is 0.0285. The average molecular weight is 307 g/mol. The van der Waals surface area contributed by atoms with E-state index in [9.17, 15) is 4.79 Å². The molecule has 1 aliphatic rings. The van der Waals surface area contributed by atoms with E-state index in [2.05, 4.69) is 0 Å². The van der Waals surface area contributed by atoms with E-state index in [1.165, 1.54) is 0 Å². The van der Waals surface area contributed by atoms with Crippen molar-refractivity contribution in [3.05, 3.63) is 24.3 Å². The van der Waals surface area contributed by atoms with Crippen LogP contribution in [0.1, 0.15) is 27.2 Å². The van der Waals surface area contributed by atoms with Crippen LogP contribution in [-0.4, -0.2) is 43.4 Å². The Kier molecular flexibility index (Phi) is 5.16. The molecule has 0 saturated carbocycles. The number of methoxy groups -OCH3 is 1. The molecule has 5 nitrogen and oxygen atoms in total. The summed E-state index contributed by atoms with van der Waals surface area (Å²) >= 11 is 0. The third-order valence-corrected chi connectivity index (χ3v) is 3.48. The van der Waals surface area contributed by atoms with Crippen LogP contribution in [0.5, 0.6) is 11.5 Å². The number of hydrogen-bond donors (Lipinski definition) is 0. The van der Waals surface area contributed by atoms with Crippen LogP contribution in [0.4, 0.5) is 4.79 Å². The molecule has 1 saturated heterocycles. The molecule has 22 heavy (non-hydrogen) atoms. The highest BCUT2D eigenvalue weighted by Gasteiger charge is 2.30. The van der Waals surface area contributed by atoms with Crippen LogP contribution in [0.3, 0.4) is 0 Å². The first-order valence-electron chi connectivity index (χ1n) is 7.62. The van der Waals surface area contributed by atoms with Crippen molar-refractivity contribution in [3.8, 4) is 11.5 Å². The summed E-state index contributed by atoms with van der Waals surface area (Å²) in [6.07, 6.45) is 0.703. The molecular weight excluding hydrogens is 282 g/mol. The lowest BCUT2D eigenvalue weighted by Crippen LogP contribution is -2.35. The van der Waals surface area contributed by atoms with Crippen LogP contribution in [0.2, 0.25) is 0 Å². The fourth-order valence-corrected chi connectivity index (χ4v) is 2.35. The zero-order valence-corrected chi connectivity index (χ0v) is 13.8. The Morgan fingerprint density at radius 1 is 1.23 bits per heavy atom. The maximum atomic E-state index is 12.0. The van der Waals surface area contributed by atoms with Gasteiger partial charge in [0, 0.05) is 19.0 Å². The standard InChI is InChI=1S/C17H25NO4/c1-17(2,3)22-16(19)18-10-9-13(11-18)12-21-15-7-5-14(20-4)6-8-15/h5-8,13H,9-12H2,1-4H3. The molecule has 1 fully saturated rings. The summed E-state index contributed by atoms with van der Waals surface area (Å²) in [5, 5.41) is 0. The second kappa shape index (κ2) is 6.90. The Balaban J connectivity index is 1.77. The molecule has 1 atom stereocenters. The number of carbonyl (C=O) groups excluding carboxylic acids is 1. The molecule has 122 valence electrons. The summed E-state index contributed by atoms with van der Waals surface area (Å²) in [5.41, 5.74) is -0.450. The minimum atomic E-state index is -0.450. The predicted octanol–water partition coefficient (Wildman–Crippen LogP) is 3.33. The van der Waals surface area contributed by atoms with E-state index in [4.69, 9.17) is 14.2 Å². The predicted molar refractivity (Wildman–Crippen MR) is 84.4 cm³/mol. The molecule has 0 bridgehead atoms. The number of amides is 1. The maximum absolute atomic E-state index is 12.0. The number of nitrogens with zero attached hydrogens (tertiary/aromatic N) is 1. The molecule has 0 aromatic heterocycles. The van der Waals surface area contributed by atoms with Crippen molar-refractivity contribution in [3.63, 3.8) is 0 Å². The number of ether oxygens (including phenoxy) is 3. The Labute approximate surface area is 132 Å². The van der Waals surface area contributed by atoms with Crippen molar-refractivity contribution in [1.29, 1.82) is 0 Å². The smallest absolute Gasteiger partial charge is 0.410 e. The van der Waals surface area contributed by atoms with Gasteiger partial charge in [0.2, 0.25) is 0 Å². The van der Waals surface area contributed by atoms with E-state index in [0.717, 1.165) is 24.5 Å². The van der Waals surface area contributed by atoms with E-state index < -0.39 is 5.60 Å². The van der Waals surface area contributed by atoms with Crippen LogP contribution < -0.4 is 9.47 Å². The number of hydrogen-bond acceptors (Lipinski definition) is 4. The van der Waals surface area contributed by atoms with Crippen LogP contribution in [0.25, 0.3) is 0 Å². The van der Waals surface area contributed by atoms with E-state index >= 15 is 0 Å². The van der Waals surface area contributed by atoms with Crippen LogP contribution in [-0.2, 0) is 4.74 Å². The number of carbonyl (C=O) groups is 1. The van der Waals surface area contributed by atoms with Gasteiger partial charge >= 0.3 is 6.09 Å². The van der Waals surface area contributed by atoms with Crippen molar-refractivity contribution < 1.29 is 19.0 Å². The van der Waals surface area contributed by atoms with E-state index in [1.54, 1.807) is 12.0 Å². The first kappa shape index (κ1) is 16.5. The van der Waals surface area contributed by atoms with E-state index in [0.29, 0.717) is 19.1 Å². The molecular formula is C17H25NO4. The van der Waals surface area contributed by atoms with Gasteiger partial charge in [-0.3, -0.25) is 0 Å². The lowest BCUT2D eigenvalue weighted by Gasteiger charge is -2.24. The maximum Gasteiger partial charge on any atom is 0.410 e. The molecule has 0 radical (unpaired) electrons. The van der Waals surface area contributed by atoms with Crippen molar-refractivity contribution in [2.45, 2.75) is 32.8 Å². The largest absolute Gasteiger partial charge is 0.497 e. The molecule has 0 aliphatic carbocycles. The highest BCUT2D eigenvalue weighted by atomic mass is 16.6. The van der Waals surface area contributed by atoms with Gasteiger partial charge in [0.25, 0.3) is 0 Å². The minimum absolute atomic E-state index is 0.237. The lowest BCUT2D eigenvalue weighted by atomic mass is 10.1. The van der Waals surface area contributed by atoms with Crippen molar-refractivity contribution in [2.75, 3.05) is 26.8 Å². The highest BCUT2D eigenvalue weighted by molar-refractivity contribution is 5.68. The van der Waals surface area contributed by atoms with E-state index in [1.807, 2.05) is 45.0 Å². The fraction of sp³-hybridized carbons (Fsp3) is 0.588. The second-order valence-electron chi connectivity index (χ2n) is 6.57. The summed E-state index contributed by atoms with van der Waals surface area (Å²) in [5.74, 6) is 1.97. The highest BCUT2D eigenvalue weighted by Crippen LogP contribution is 2.22. The van der Waals surface area contributed by atoms with Crippen molar-refractivity contribution in [1.82, 2.24) is 4.90 Å². The number of likely N-dealkylation sites (tertiary alicyclic amines) is 1.